The van der Waals surface area contributed by atoms with E-state index in [1.54, 1.807) is 0 Å². The van der Waals surface area contributed by atoms with Crippen LogP contribution in [0.5, 0.6) is 0 Å². The molecule has 2 rings (SSSR count). The third-order valence-corrected chi connectivity index (χ3v) is 4.56. The Hall–Kier alpha value is -0.130. The van der Waals surface area contributed by atoms with Crippen molar-refractivity contribution in [1.29, 1.82) is 0 Å². The van der Waals surface area contributed by atoms with Crippen molar-refractivity contribution < 1.29 is 0 Å². The van der Waals surface area contributed by atoms with Gasteiger partial charge in [-0.15, -0.1) is 0 Å². The summed E-state index contributed by atoms with van der Waals surface area (Å²) in [6.07, 6.45) is 1.97. The predicted molar refractivity (Wildman–Crippen MR) is 77.6 cm³/mol. The number of rotatable bonds is 2. The number of halogens is 1. The molecule has 0 saturated carbocycles. The summed E-state index contributed by atoms with van der Waals surface area (Å²) in [5.74, 6) is 0.952. The van der Waals surface area contributed by atoms with Crippen molar-refractivity contribution in [1.82, 2.24) is 9.97 Å². The highest BCUT2D eigenvalue weighted by atomic mass is 35.5. The zero-order chi connectivity index (χ0) is 12.4. The normalized spacial score (nSPS) is 25.1. The lowest BCUT2D eigenvalue weighted by atomic mass is 10.3. The van der Waals surface area contributed by atoms with E-state index in [2.05, 4.69) is 28.7 Å². The Balaban J connectivity index is 2.23. The van der Waals surface area contributed by atoms with Crippen LogP contribution in [0.25, 0.3) is 0 Å². The zero-order valence-corrected chi connectivity index (χ0v) is 12.6. The fourth-order valence-electron chi connectivity index (χ4n) is 2.00. The lowest BCUT2D eigenvalue weighted by molar-refractivity contribution is 0.710. The minimum absolute atomic E-state index is 0.526. The smallest absolute Gasteiger partial charge is 0.190 e. The second kappa shape index (κ2) is 5.67. The Morgan fingerprint density at radius 2 is 2.00 bits per heavy atom. The van der Waals surface area contributed by atoms with Crippen LogP contribution in [0.3, 0.4) is 0 Å². The summed E-state index contributed by atoms with van der Waals surface area (Å²) in [5, 5.41) is 2.53. The van der Waals surface area contributed by atoms with E-state index in [1.807, 2.05) is 24.1 Å². The van der Waals surface area contributed by atoms with E-state index in [0.29, 0.717) is 15.7 Å². The molecule has 0 radical (unpaired) electrons. The molecule has 0 bridgehead atoms. The first-order valence-corrected chi connectivity index (χ1v) is 8.12. The van der Waals surface area contributed by atoms with E-state index >= 15 is 0 Å². The fourth-order valence-corrected chi connectivity index (χ4v) is 3.93. The maximum absolute atomic E-state index is 6.02. The summed E-state index contributed by atoms with van der Waals surface area (Å²) in [6.45, 7) is 6.56. The number of hydrogen-bond acceptors (Lipinski definition) is 5. The van der Waals surface area contributed by atoms with Crippen LogP contribution in [-0.4, -0.2) is 39.8 Å². The summed E-state index contributed by atoms with van der Waals surface area (Å²) >= 11 is 9.58. The number of thioether (sulfide) groups is 2. The van der Waals surface area contributed by atoms with Crippen molar-refractivity contribution in [3.8, 4) is 0 Å². The van der Waals surface area contributed by atoms with Crippen molar-refractivity contribution in [3.05, 3.63) is 11.2 Å². The molecule has 0 aromatic carbocycles. The maximum Gasteiger partial charge on any atom is 0.190 e. The van der Waals surface area contributed by atoms with Crippen LogP contribution in [0.2, 0.25) is 5.15 Å². The van der Waals surface area contributed by atoms with Gasteiger partial charge in [0, 0.05) is 29.7 Å². The van der Waals surface area contributed by atoms with Crippen molar-refractivity contribution in [2.45, 2.75) is 29.5 Å². The van der Waals surface area contributed by atoms with Gasteiger partial charge in [-0.3, -0.25) is 0 Å². The summed E-state index contributed by atoms with van der Waals surface area (Å²) in [7, 11) is 0. The van der Waals surface area contributed by atoms with Gasteiger partial charge in [0.15, 0.2) is 5.16 Å². The van der Waals surface area contributed by atoms with Crippen LogP contribution in [0.4, 0.5) is 5.82 Å². The standard InChI is InChI=1S/C11H16ClN3S2/c1-7-5-15(6-8(2)17-7)10-4-9(12)13-11(14-10)16-3/h4,7-8H,5-6H2,1-3H3. The summed E-state index contributed by atoms with van der Waals surface area (Å²) in [4.78, 5) is 11.0. The van der Waals surface area contributed by atoms with Crippen LogP contribution in [0.1, 0.15) is 13.8 Å². The molecule has 2 heterocycles. The van der Waals surface area contributed by atoms with Crippen molar-refractivity contribution in [2.24, 2.45) is 0 Å². The van der Waals surface area contributed by atoms with Crippen molar-refractivity contribution in [2.75, 3.05) is 24.2 Å². The molecular formula is C11H16ClN3S2. The van der Waals surface area contributed by atoms with Gasteiger partial charge in [-0.05, 0) is 6.26 Å². The number of anilines is 1. The minimum Gasteiger partial charge on any atom is -0.354 e. The molecule has 3 nitrogen and oxygen atoms in total. The summed E-state index contributed by atoms with van der Waals surface area (Å²) < 4.78 is 0. The lowest BCUT2D eigenvalue weighted by Crippen LogP contribution is -2.40. The Morgan fingerprint density at radius 1 is 1.35 bits per heavy atom. The third kappa shape index (κ3) is 3.42. The zero-order valence-electron chi connectivity index (χ0n) is 10.2. The molecule has 1 aliphatic heterocycles. The van der Waals surface area contributed by atoms with Gasteiger partial charge in [-0.2, -0.15) is 11.8 Å². The molecule has 2 atom stereocenters. The topological polar surface area (TPSA) is 29.0 Å². The number of nitrogens with zero attached hydrogens (tertiary/aromatic N) is 3. The molecule has 0 amide bonds. The van der Waals surface area contributed by atoms with Gasteiger partial charge in [0.05, 0.1) is 0 Å². The molecular weight excluding hydrogens is 274 g/mol. The molecule has 1 saturated heterocycles. The van der Waals surface area contributed by atoms with E-state index in [4.69, 9.17) is 11.6 Å². The average molecular weight is 290 g/mol. The van der Waals surface area contributed by atoms with Gasteiger partial charge in [0.2, 0.25) is 0 Å². The Labute approximate surface area is 116 Å². The van der Waals surface area contributed by atoms with Gasteiger partial charge in [-0.1, -0.05) is 37.2 Å². The molecule has 94 valence electrons. The number of aromatic nitrogens is 2. The van der Waals surface area contributed by atoms with Crippen LogP contribution in [-0.2, 0) is 0 Å². The highest BCUT2D eigenvalue weighted by molar-refractivity contribution is 8.00. The summed E-state index contributed by atoms with van der Waals surface area (Å²) in [6, 6.07) is 1.86. The van der Waals surface area contributed by atoms with Crippen LogP contribution >= 0.6 is 35.1 Å². The van der Waals surface area contributed by atoms with Gasteiger partial charge in [0.25, 0.3) is 0 Å². The first-order valence-electron chi connectivity index (χ1n) is 5.57. The SMILES string of the molecule is CSc1nc(Cl)cc(N2CC(C)SC(C)C2)n1. The maximum atomic E-state index is 6.02. The molecule has 2 unspecified atom stereocenters. The first kappa shape index (κ1) is 13.3. The molecule has 17 heavy (non-hydrogen) atoms. The van der Waals surface area contributed by atoms with Crippen LogP contribution in [0.15, 0.2) is 11.2 Å². The van der Waals surface area contributed by atoms with E-state index in [9.17, 15) is 0 Å². The molecule has 0 aliphatic carbocycles. The quantitative estimate of drug-likeness (QED) is 0.474. The van der Waals surface area contributed by atoms with Crippen LogP contribution < -0.4 is 4.90 Å². The Bertz CT molecular complexity index is 392. The van der Waals surface area contributed by atoms with Crippen molar-refractivity contribution >= 4 is 40.9 Å². The Kier molecular flexibility index (Phi) is 4.44. The van der Waals surface area contributed by atoms with E-state index in [-0.39, 0.29) is 0 Å². The van der Waals surface area contributed by atoms with E-state index in [0.717, 1.165) is 24.1 Å². The first-order chi connectivity index (χ1) is 8.08. The number of hydrogen-bond donors (Lipinski definition) is 0. The molecule has 1 fully saturated rings. The molecule has 1 aromatic heterocycles. The second-order valence-corrected chi connectivity index (χ2v) is 7.24. The molecule has 6 heteroatoms. The van der Waals surface area contributed by atoms with Gasteiger partial charge >= 0.3 is 0 Å². The lowest BCUT2D eigenvalue weighted by Gasteiger charge is -2.35. The largest absolute Gasteiger partial charge is 0.354 e. The minimum atomic E-state index is 0.526. The molecule has 1 aliphatic rings. The molecule has 0 spiro atoms. The fraction of sp³-hybridized carbons (Fsp3) is 0.636. The average Bonchev–Trinajstić information content (AvgIpc) is 2.26. The molecule has 1 aromatic rings. The second-order valence-electron chi connectivity index (χ2n) is 4.20. The Morgan fingerprint density at radius 3 is 2.59 bits per heavy atom. The third-order valence-electron chi connectivity index (χ3n) is 2.59. The summed E-state index contributed by atoms with van der Waals surface area (Å²) in [5.41, 5.74) is 0. The van der Waals surface area contributed by atoms with Gasteiger partial charge in [-0.25, -0.2) is 9.97 Å². The van der Waals surface area contributed by atoms with Crippen LogP contribution in [0, 0.1) is 0 Å². The highest BCUT2D eigenvalue weighted by Gasteiger charge is 2.23. The van der Waals surface area contributed by atoms with E-state index in [1.165, 1.54) is 11.8 Å². The highest BCUT2D eigenvalue weighted by Crippen LogP contribution is 2.29. The molecule has 0 N–H and O–H groups in total. The predicted octanol–water partition coefficient (Wildman–Crippen LogP) is 3.18. The van der Waals surface area contributed by atoms with E-state index < -0.39 is 0 Å². The van der Waals surface area contributed by atoms with Gasteiger partial charge in [0.1, 0.15) is 11.0 Å². The van der Waals surface area contributed by atoms with Crippen molar-refractivity contribution in [3.63, 3.8) is 0 Å². The van der Waals surface area contributed by atoms with Gasteiger partial charge < -0.3 is 4.90 Å². The monoisotopic (exact) mass is 289 g/mol.